The second-order valence-corrected chi connectivity index (χ2v) is 5.09. The van der Waals surface area contributed by atoms with Crippen LogP contribution in [0.1, 0.15) is 27.2 Å². The molecule has 102 valence electrons. The molecule has 0 fully saturated rings. The van der Waals surface area contributed by atoms with Crippen molar-refractivity contribution < 1.29 is 5.11 Å². The average molecular weight is 317 g/mol. The quantitative estimate of drug-likeness (QED) is 0.808. The molecule has 0 saturated carbocycles. The maximum absolute atomic E-state index is 9.13. The molecule has 0 aliphatic rings. The van der Waals surface area contributed by atoms with Crippen molar-refractivity contribution in [1.82, 2.24) is 9.97 Å². The minimum absolute atomic E-state index is 0.104. The first-order valence-electron chi connectivity index (χ1n) is 6.23. The van der Waals surface area contributed by atoms with Crippen molar-refractivity contribution in [2.24, 2.45) is 0 Å². The molecule has 0 radical (unpaired) electrons. The summed E-state index contributed by atoms with van der Waals surface area (Å²) in [4.78, 5) is 10.6. The molecule has 2 N–H and O–H groups in total. The van der Waals surface area contributed by atoms with Crippen LogP contribution in [0, 0.1) is 0 Å². The van der Waals surface area contributed by atoms with Gasteiger partial charge in [-0.05, 0) is 36.2 Å². The number of nitrogens with one attached hydrogen (secondary N) is 1. The molecule has 0 bridgehead atoms. The van der Waals surface area contributed by atoms with Crippen LogP contribution < -0.4 is 10.2 Å². The highest BCUT2D eigenvalue weighted by atomic mass is 79.9. The van der Waals surface area contributed by atoms with E-state index in [0.717, 1.165) is 29.1 Å². The van der Waals surface area contributed by atoms with Gasteiger partial charge in [-0.1, -0.05) is 6.92 Å². The fourth-order valence-electron chi connectivity index (χ4n) is 1.64. The third-order valence-electron chi connectivity index (χ3n) is 2.55. The SMILES string of the molecule is CCCNc1ncnc(N(CCO)C(C)C)c1Br. The summed E-state index contributed by atoms with van der Waals surface area (Å²) in [6.07, 6.45) is 2.58. The summed E-state index contributed by atoms with van der Waals surface area (Å²) in [5, 5.41) is 12.4. The molecular formula is C12H21BrN4O. The zero-order valence-electron chi connectivity index (χ0n) is 11.1. The molecule has 6 heteroatoms. The number of aromatic nitrogens is 2. The molecule has 0 atom stereocenters. The van der Waals surface area contributed by atoms with Crippen LogP contribution in [0.15, 0.2) is 10.8 Å². The minimum Gasteiger partial charge on any atom is -0.395 e. The van der Waals surface area contributed by atoms with Gasteiger partial charge in [0.15, 0.2) is 0 Å². The standard InChI is InChI=1S/C12H21BrN4O/c1-4-5-14-11-10(13)12(16-8-15-11)17(6-7-18)9(2)3/h8-9,18H,4-7H2,1-3H3,(H,14,15,16). The van der Waals surface area contributed by atoms with Crippen LogP contribution in [0.25, 0.3) is 0 Å². The Kier molecular flexibility index (Phi) is 6.35. The number of aliphatic hydroxyl groups excluding tert-OH is 1. The summed E-state index contributed by atoms with van der Waals surface area (Å²) in [6, 6.07) is 0.266. The molecule has 0 saturated heterocycles. The topological polar surface area (TPSA) is 61.3 Å². The molecule has 1 heterocycles. The lowest BCUT2D eigenvalue weighted by Gasteiger charge is -2.28. The van der Waals surface area contributed by atoms with E-state index in [4.69, 9.17) is 5.11 Å². The summed E-state index contributed by atoms with van der Waals surface area (Å²) in [5.41, 5.74) is 0. The van der Waals surface area contributed by atoms with E-state index >= 15 is 0 Å². The van der Waals surface area contributed by atoms with Crippen LogP contribution in [-0.2, 0) is 0 Å². The molecule has 1 aromatic rings. The second kappa shape index (κ2) is 7.53. The smallest absolute Gasteiger partial charge is 0.148 e. The molecule has 0 spiro atoms. The van der Waals surface area contributed by atoms with Gasteiger partial charge in [-0.2, -0.15) is 0 Å². The number of halogens is 1. The first kappa shape index (κ1) is 15.2. The maximum atomic E-state index is 9.13. The summed E-state index contributed by atoms with van der Waals surface area (Å²) < 4.78 is 0.848. The predicted molar refractivity (Wildman–Crippen MR) is 78.1 cm³/mol. The van der Waals surface area contributed by atoms with Crippen LogP contribution in [0.2, 0.25) is 0 Å². The van der Waals surface area contributed by atoms with Gasteiger partial charge in [-0.3, -0.25) is 0 Å². The highest BCUT2D eigenvalue weighted by Gasteiger charge is 2.17. The first-order valence-corrected chi connectivity index (χ1v) is 7.03. The molecule has 0 aliphatic heterocycles. The Balaban J connectivity index is 2.99. The zero-order chi connectivity index (χ0) is 13.5. The Bertz CT molecular complexity index is 373. The summed E-state index contributed by atoms with van der Waals surface area (Å²) in [5.74, 6) is 1.61. The predicted octanol–water partition coefficient (Wildman–Crippen LogP) is 2.27. The van der Waals surface area contributed by atoms with E-state index in [1.54, 1.807) is 6.33 Å². The van der Waals surface area contributed by atoms with Gasteiger partial charge in [0.1, 0.15) is 22.4 Å². The Morgan fingerprint density at radius 3 is 2.72 bits per heavy atom. The Labute approximate surface area is 117 Å². The van der Waals surface area contributed by atoms with Crippen molar-refractivity contribution in [2.75, 3.05) is 29.9 Å². The van der Waals surface area contributed by atoms with Crippen molar-refractivity contribution in [3.8, 4) is 0 Å². The normalized spacial score (nSPS) is 10.8. The van der Waals surface area contributed by atoms with Crippen LogP contribution >= 0.6 is 15.9 Å². The summed E-state index contributed by atoms with van der Waals surface area (Å²) in [6.45, 7) is 7.78. The zero-order valence-corrected chi connectivity index (χ0v) is 12.7. The second-order valence-electron chi connectivity index (χ2n) is 4.30. The Hall–Kier alpha value is -0.880. The van der Waals surface area contributed by atoms with Gasteiger partial charge in [0, 0.05) is 19.1 Å². The van der Waals surface area contributed by atoms with E-state index in [2.05, 4.69) is 52.0 Å². The number of aliphatic hydroxyl groups is 1. The molecular weight excluding hydrogens is 296 g/mol. The molecule has 0 amide bonds. The van der Waals surface area contributed by atoms with Gasteiger partial charge in [-0.25, -0.2) is 9.97 Å². The highest BCUT2D eigenvalue weighted by Crippen LogP contribution is 2.30. The molecule has 0 aliphatic carbocycles. The largest absolute Gasteiger partial charge is 0.395 e. The van der Waals surface area contributed by atoms with E-state index in [-0.39, 0.29) is 12.6 Å². The first-order chi connectivity index (χ1) is 8.61. The number of anilines is 2. The number of rotatable bonds is 7. The Morgan fingerprint density at radius 1 is 1.44 bits per heavy atom. The highest BCUT2D eigenvalue weighted by molar-refractivity contribution is 9.10. The molecule has 0 aromatic carbocycles. The van der Waals surface area contributed by atoms with Crippen LogP contribution in [0.4, 0.5) is 11.6 Å². The lowest BCUT2D eigenvalue weighted by molar-refractivity contribution is 0.298. The van der Waals surface area contributed by atoms with Gasteiger partial charge in [0.2, 0.25) is 0 Å². The third kappa shape index (κ3) is 3.81. The van der Waals surface area contributed by atoms with E-state index in [1.165, 1.54) is 0 Å². The van der Waals surface area contributed by atoms with Crippen molar-refractivity contribution >= 4 is 27.6 Å². The average Bonchev–Trinajstić information content (AvgIpc) is 2.35. The molecule has 5 nitrogen and oxygen atoms in total. The Morgan fingerprint density at radius 2 is 2.17 bits per heavy atom. The van der Waals surface area contributed by atoms with Gasteiger partial charge >= 0.3 is 0 Å². The number of hydrogen-bond acceptors (Lipinski definition) is 5. The lowest BCUT2D eigenvalue weighted by atomic mass is 10.3. The third-order valence-corrected chi connectivity index (χ3v) is 3.28. The van der Waals surface area contributed by atoms with Gasteiger partial charge in [0.25, 0.3) is 0 Å². The van der Waals surface area contributed by atoms with Crippen molar-refractivity contribution in [3.05, 3.63) is 10.8 Å². The van der Waals surface area contributed by atoms with E-state index < -0.39 is 0 Å². The van der Waals surface area contributed by atoms with Crippen LogP contribution in [-0.4, -0.2) is 40.8 Å². The molecule has 18 heavy (non-hydrogen) atoms. The van der Waals surface area contributed by atoms with E-state index in [9.17, 15) is 0 Å². The summed E-state index contributed by atoms with van der Waals surface area (Å²) in [7, 11) is 0. The van der Waals surface area contributed by atoms with Gasteiger partial charge in [0.05, 0.1) is 6.61 Å². The monoisotopic (exact) mass is 316 g/mol. The van der Waals surface area contributed by atoms with E-state index in [1.807, 2.05) is 4.90 Å². The van der Waals surface area contributed by atoms with Gasteiger partial charge in [-0.15, -0.1) is 0 Å². The minimum atomic E-state index is 0.104. The van der Waals surface area contributed by atoms with Crippen molar-refractivity contribution in [2.45, 2.75) is 33.2 Å². The van der Waals surface area contributed by atoms with Crippen molar-refractivity contribution in [3.63, 3.8) is 0 Å². The van der Waals surface area contributed by atoms with Crippen molar-refractivity contribution in [1.29, 1.82) is 0 Å². The summed E-state index contributed by atoms with van der Waals surface area (Å²) >= 11 is 3.54. The van der Waals surface area contributed by atoms with Gasteiger partial charge < -0.3 is 15.3 Å². The molecule has 0 unspecified atom stereocenters. The number of nitrogens with zero attached hydrogens (tertiary/aromatic N) is 3. The maximum Gasteiger partial charge on any atom is 0.148 e. The van der Waals surface area contributed by atoms with Crippen LogP contribution in [0.5, 0.6) is 0 Å². The molecule has 1 rings (SSSR count). The fourth-order valence-corrected chi connectivity index (χ4v) is 2.22. The lowest BCUT2D eigenvalue weighted by Crippen LogP contribution is -2.34. The van der Waals surface area contributed by atoms with E-state index in [0.29, 0.717) is 6.54 Å². The van der Waals surface area contributed by atoms with Crippen LogP contribution in [0.3, 0.4) is 0 Å². The molecule has 1 aromatic heterocycles. The number of hydrogen-bond donors (Lipinski definition) is 2. The fraction of sp³-hybridized carbons (Fsp3) is 0.667.